The summed E-state index contributed by atoms with van der Waals surface area (Å²) >= 11 is 0. The van der Waals surface area contributed by atoms with E-state index in [4.69, 9.17) is 4.74 Å². The van der Waals surface area contributed by atoms with Crippen LogP contribution in [0.3, 0.4) is 0 Å². The van der Waals surface area contributed by atoms with Gasteiger partial charge in [0, 0.05) is 6.42 Å². The molecule has 0 saturated heterocycles. The first-order valence-corrected chi connectivity index (χ1v) is 7.52. The molecular formula is C17H27NO3. The SMILES string of the molecule is CCC(C)c1ccccc1OC(C)CC(C)(NC)C(=O)O. The van der Waals surface area contributed by atoms with Gasteiger partial charge in [0.15, 0.2) is 0 Å². The summed E-state index contributed by atoms with van der Waals surface area (Å²) in [5.74, 6) is 0.405. The number of carbonyl (C=O) groups is 1. The highest BCUT2D eigenvalue weighted by Gasteiger charge is 2.33. The third-order valence-corrected chi connectivity index (χ3v) is 4.11. The highest BCUT2D eigenvalue weighted by molar-refractivity contribution is 5.78. The van der Waals surface area contributed by atoms with Crippen molar-refractivity contribution in [3.63, 3.8) is 0 Å². The third kappa shape index (κ3) is 4.46. The van der Waals surface area contributed by atoms with Gasteiger partial charge in [-0.05, 0) is 44.9 Å². The molecular weight excluding hydrogens is 266 g/mol. The van der Waals surface area contributed by atoms with Crippen molar-refractivity contribution < 1.29 is 14.6 Å². The number of carboxylic acid groups (broad SMARTS) is 1. The average Bonchev–Trinajstić information content (AvgIpc) is 2.46. The van der Waals surface area contributed by atoms with E-state index < -0.39 is 11.5 Å². The van der Waals surface area contributed by atoms with Crippen LogP contribution in [-0.2, 0) is 4.79 Å². The summed E-state index contributed by atoms with van der Waals surface area (Å²) in [4.78, 5) is 11.3. The summed E-state index contributed by atoms with van der Waals surface area (Å²) in [5, 5.41) is 12.2. The molecule has 21 heavy (non-hydrogen) atoms. The van der Waals surface area contributed by atoms with Crippen molar-refractivity contribution in [2.24, 2.45) is 0 Å². The first-order chi connectivity index (χ1) is 9.84. The Hall–Kier alpha value is -1.55. The first-order valence-electron chi connectivity index (χ1n) is 7.52. The molecule has 0 radical (unpaired) electrons. The van der Waals surface area contributed by atoms with Crippen LogP contribution in [0.1, 0.15) is 52.0 Å². The molecule has 0 aromatic heterocycles. The fourth-order valence-electron chi connectivity index (χ4n) is 2.34. The van der Waals surface area contributed by atoms with Gasteiger partial charge in [-0.2, -0.15) is 0 Å². The Balaban J connectivity index is 2.84. The van der Waals surface area contributed by atoms with Crippen molar-refractivity contribution in [2.75, 3.05) is 7.05 Å². The van der Waals surface area contributed by atoms with Gasteiger partial charge < -0.3 is 15.2 Å². The van der Waals surface area contributed by atoms with Crippen molar-refractivity contribution in [3.05, 3.63) is 29.8 Å². The molecule has 3 unspecified atom stereocenters. The normalized spacial score (nSPS) is 16.8. The molecule has 1 aromatic carbocycles. The van der Waals surface area contributed by atoms with E-state index in [1.807, 2.05) is 25.1 Å². The zero-order valence-electron chi connectivity index (χ0n) is 13.6. The van der Waals surface area contributed by atoms with E-state index in [1.54, 1.807) is 14.0 Å². The molecule has 118 valence electrons. The molecule has 0 aliphatic rings. The smallest absolute Gasteiger partial charge is 0.323 e. The largest absolute Gasteiger partial charge is 0.490 e. The maximum Gasteiger partial charge on any atom is 0.323 e. The number of hydrogen-bond donors (Lipinski definition) is 2. The van der Waals surface area contributed by atoms with Crippen LogP contribution in [0.15, 0.2) is 24.3 Å². The minimum absolute atomic E-state index is 0.191. The molecule has 1 rings (SSSR count). The van der Waals surface area contributed by atoms with E-state index in [0.717, 1.165) is 12.2 Å². The standard InChI is InChI=1S/C17H27NO3/c1-6-12(2)14-9-7-8-10-15(14)21-13(3)11-17(4,18-5)16(19)20/h7-10,12-13,18H,6,11H2,1-5H3,(H,19,20). The molecule has 0 heterocycles. The van der Waals surface area contributed by atoms with Gasteiger partial charge in [-0.3, -0.25) is 4.79 Å². The predicted molar refractivity (Wildman–Crippen MR) is 85.0 cm³/mol. The second-order valence-corrected chi connectivity index (χ2v) is 5.87. The second kappa shape index (κ2) is 7.46. The fraction of sp³-hybridized carbons (Fsp3) is 0.588. The second-order valence-electron chi connectivity index (χ2n) is 5.87. The number of ether oxygens (including phenoxy) is 1. The highest BCUT2D eigenvalue weighted by Crippen LogP contribution is 2.30. The minimum Gasteiger partial charge on any atom is -0.490 e. The molecule has 4 nitrogen and oxygen atoms in total. The van der Waals surface area contributed by atoms with Gasteiger partial charge in [0.2, 0.25) is 0 Å². The van der Waals surface area contributed by atoms with Crippen LogP contribution >= 0.6 is 0 Å². The van der Waals surface area contributed by atoms with Gasteiger partial charge in [0.1, 0.15) is 11.3 Å². The number of nitrogens with one attached hydrogen (secondary N) is 1. The molecule has 0 fully saturated rings. The molecule has 0 amide bonds. The molecule has 1 aromatic rings. The van der Waals surface area contributed by atoms with Crippen molar-refractivity contribution in [3.8, 4) is 5.75 Å². The van der Waals surface area contributed by atoms with Crippen LogP contribution in [-0.4, -0.2) is 29.8 Å². The Morgan fingerprint density at radius 2 is 2.00 bits per heavy atom. The van der Waals surface area contributed by atoms with E-state index in [9.17, 15) is 9.90 Å². The lowest BCUT2D eigenvalue weighted by Crippen LogP contribution is -2.50. The summed E-state index contributed by atoms with van der Waals surface area (Å²) in [6.07, 6.45) is 1.25. The Labute approximate surface area is 127 Å². The minimum atomic E-state index is -0.981. The highest BCUT2D eigenvalue weighted by atomic mass is 16.5. The Morgan fingerprint density at radius 1 is 1.38 bits per heavy atom. The van der Waals surface area contributed by atoms with E-state index in [2.05, 4.69) is 25.2 Å². The van der Waals surface area contributed by atoms with Crippen LogP contribution in [0.4, 0.5) is 0 Å². The van der Waals surface area contributed by atoms with Gasteiger partial charge in [-0.25, -0.2) is 0 Å². The number of likely N-dealkylation sites (N-methyl/N-ethyl adjacent to an activating group) is 1. The molecule has 4 heteroatoms. The number of rotatable bonds is 8. The van der Waals surface area contributed by atoms with E-state index >= 15 is 0 Å². The zero-order chi connectivity index (χ0) is 16.0. The Morgan fingerprint density at radius 3 is 2.52 bits per heavy atom. The van der Waals surface area contributed by atoms with Crippen LogP contribution in [0.25, 0.3) is 0 Å². The number of para-hydroxylation sites is 1. The molecule has 0 saturated carbocycles. The summed E-state index contributed by atoms with van der Waals surface area (Å²) in [6, 6.07) is 7.98. The van der Waals surface area contributed by atoms with Crippen LogP contribution in [0, 0.1) is 0 Å². The van der Waals surface area contributed by atoms with Gasteiger partial charge in [-0.15, -0.1) is 0 Å². The van der Waals surface area contributed by atoms with Crippen molar-refractivity contribution >= 4 is 5.97 Å². The van der Waals surface area contributed by atoms with Gasteiger partial charge in [0.05, 0.1) is 6.10 Å². The van der Waals surface area contributed by atoms with Gasteiger partial charge in [-0.1, -0.05) is 32.0 Å². The monoisotopic (exact) mass is 293 g/mol. The van der Waals surface area contributed by atoms with Crippen molar-refractivity contribution in [1.29, 1.82) is 0 Å². The van der Waals surface area contributed by atoms with Crippen LogP contribution < -0.4 is 10.1 Å². The molecule has 0 spiro atoms. The summed E-state index contributed by atoms with van der Waals surface area (Å²) in [5.41, 5.74) is 0.193. The van der Waals surface area contributed by atoms with Gasteiger partial charge in [0.25, 0.3) is 0 Å². The quantitative estimate of drug-likeness (QED) is 0.771. The molecule has 2 N–H and O–H groups in total. The lowest BCUT2D eigenvalue weighted by molar-refractivity contribution is -0.145. The number of hydrogen-bond acceptors (Lipinski definition) is 3. The lowest BCUT2D eigenvalue weighted by atomic mass is 9.94. The Kier molecular flexibility index (Phi) is 6.21. The van der Waals surface area contributed by atoms with E-state index in [1.165, 1.54) is 5.56 Å². The summed E-state index contributed by atoms with van der Waals surface area (Å²) < 4.78 is 6.01. The molecule has 3 atom stereocenters. The fourth-order valence-corrected chi connectivity index (χ4v) is 2.34. The van der Waals surface area contributed by atoms with Crippen LogP contribution in [0.5, 0.6) is 5.75 Å². The maximum absolute atomic E-state index is 11.3. The number of carboxylic acids is 1. The number of aliphatic carboxylic acids is 1. The summed E-state index contributed by atoms with van der Waals surface area (Å²) in [6.45, 7) is 7.90. The van der Waals surface area contributed by atoms with E-state index in [-0.39, 0.29) is 6.10 Å². The third-order valence-electron chi connectivity index (χ3n) is 4.11. The number of benzene rings is 1. The summed E-state index contributed by atoms with van der Waals surface area (Å²) in [7, 11) is 1.66. The zero-order valence-corrected chi connectivity index (χ0v) is 13.6. The Bertz CT molecular complexity index is 475. The van der Waals surface area contributed by atoms with E-state index in [0.29, 0.717) is 12.3 Å². The predicted octanol–water partition coefficient (Wildman–Crippen LogP) is 3.42. The molecule has 0 bridgehead atoms. The van der Waals surface area contributed by atoms with Crippen molar-refractivity contribution in [1.82, 2.24) is 5.32 Å². The van der Waals surface area contributed by atoms with Gasteiger partial charge >= 0.3 is 5.97 Å². The maximum atomic E-state index is 11.3. The molecule has 0 aliphatic heterocycles. The lowest BCUT2D eigenvalue weighted by Gasteiger charge is -2.28. The first kappa shape index (κ1) is 17.5. The van der Waals surface area contributed by atoms with Crippen molar-refractivity contribution in [2.45, 2.75) is 58.1 Å². The average molecular weight is 293 g/mol. The topological polar surface area (TPSA) is 58.6 Å². The molecule has 0 aliphatic carbocycles. The van der Waals surface area contributed by atoms with Crippen LogP contribution in [0.2, 0.25) is 0 Å².